The molecule has 0 unspecified atom stereocenters. The van der Waals surface area contributed by atoms with Gasteiger partial charge in [0.1, 0.15) is 11.5 Å². The lowest BCUT2D eigenvalue weighted by atomic mass is 10.2. The highest BCUT2D eigenvalue weighted by atomic mass is 32.1. The number of aromatic amines is 1. The van der Waals surface area contributed by atoms with Crippen LogP contribution in [0.3, 0.4) is 0 Å². The maximum Gasteiger partial charge on any atom is 0.176 e. The number of rotatable bonds is 3. The smallest absolute Gasteiger partial charge is 0.176 e. The van der Waals surface area contributed by atoms with Gasteiger partial charge < -0.3 is 4.52 Å². The molecule has 1 N–H and O–H groups in total. The van der Waals surface area contributed by atoms with E-state index < -0.39 is 0 Å². The molecule has 2 aromatic heterocycles. The first kappa shape index (κ1) is 9.54. The monoisotopic (exact) mass is 227 g/mol. The number of aryl methyl sites for hydroxylation is 1. The zero-order chi connectivity index (χ0) is 9.97. The fourth-order valence-electron chi connectivity index (χ4n) is 1.12. The first-order chi connectivity index (χ1) is 6.79. The molecule has 0 aliphatic rings. The first-order valence-electron chi connectivity index (χ1n) is 4.31. The molecule has 0 atom stereocenters. The van der Waals surface area contributed by atoms with Crippen molar-refractivity contribution in [2.24, 2.45) is 0 Å². The summed E-state index contributed by atoms with van der Waals surface area (Å²) in [6, 6.07) is 1.91. The summed E-state index contributed by atoms with van der Waals surface area (Å²) in [7, 11) is 0. The molecule has 0 saturated carbocycles. The molecule has 0 aliphatic carbocycles. The molecule has 0 amide bonds. The molecule has 4 nitrogen and oxygen atoms in total. The van der Waals surface area contributed by atoms with Crippen molar-refractivity contribution in [1.29, 1.82) is 0 Å². The van der Waals surface area contributed by atoms with Gasteiger partial charge in [0.2, 0.25) is 0 Å². The minimum atomic E-state index is 0.653. The van der Waals surface area contributed by atoms with Gasteiger partial charge in [-0.3, -0.25) is 5.10 Å². The van der Waals surface area contributed by atoms with Crippen LogP contribution in [0, 0.1) is 3.95 Å². The lowest BCUT2D eigenvalue weighted by Gasteiger charge is -1.84. The van der Waals surface area contributed by atoms with Crippen LogP contribution in [-0.4, -0.2) is 15.4 Å². The third-order valence-corrected chi connectivity index (χ3v) is 2.82. The van der Waals surface area contributed by atoms with Crippen molar-refractivity contribution in [1.82, 2.24) is 15.4 Å². The lowest BCUT2D eigenvalue weighted by molar-refractivity contribution is 0.384. The average Bonchev–Trinajstić information content (AvgIpc) is 2.74. The van der Waals surface area contributed by atoms with Crippen LogP contribution in [-0.2, 0) is 6.42 Å². The number of hydrogen-bond acceptors (Lipinski definition) is 5. The van der Waals surface area contributed by atoms with Gasteiger partial charge in [0.25, 0.3) is 0 Å². The highest BCUT2D eigenvalue weighted by Crippen LogP contribution is 2.21. The number of hydrogen-bond donors (Lipinski definition) is 1. The molecule has 2 aromatic rings. The summed E-state index contributed by atoms with van der Waals surface area (Å²) in [6.45, 7) is 2.10. The highest BCUT2D eigenvalue weighted by molar-refractivity contribution is 7.73. The number of nitrogens with one attached hydrogen (secondary N) is 1. The van der Waals surface area contributed by atoms with Gasteiger partial charge in [-0.15, -0.1) is 0 Å². The molecule has 2 rings (SSSR count). The van der Waals surface area contributed by atoms with Crippen LogP contribution in [0.25, 0.3) is 10.7 Å². The van der Waals surface area contributed by atoms with E-state index in [4.69, 9.17) is 16.7 Å². The normalized spacial score (nSPS) is 10.6. The SMILES string of the molecule is CCCc1cc(-c2n[nH]c(=S)s2)no1. The second-order valence-corrected chi connectivity index (χ2v) is 4.51. The summed E-state index contributed by atoms with van der Waals surface area (Å²) in [4.78, 5) is 0. The first-order valence-corrected chi connectivity index (χ1v) is 5.53. The third-order valence-electron chi connectivity index (χ3n) is 1.71. The number of nitrogens with zero attached hydrogens (tertiary/aromatic N) is 2. The second kappa shape index (κ2) is 4.02. The summed E-state index contributed by atoms with van der Waals surface area (Å²) in [6.07, 6.45) is 1.95. The van der Waals surface area contributed by atoms with E-state index in [1.807, 2.05) is 6.07 Å². The van der Waals surface area contributed by atoms with Gasteiger partial charge in [-0.25, -0.2) is 0 Å². The van der Waals surface area contributed by atoms with Crippen LogP contribution in [0.5, 0.6) is 0 Å². The molecule has 2 heterocycles. The average molecular weight is 227 g/mol. The molecule has 0 radical (unpaired) electrons. The highest BCUT2D eigenvalue weighted by Gasteiger charge is 2.08. The third kappa shape index (κ3) is 1.91. The summed E-state index contributed by atoms with van der Waals surface area (Å²) >= 11 is 6.33. The Morgan fingerprint density at radius 2 is 2.50 bits per heavy atom. The molecule has 0 bridgehead atoms. The van der Waals surface area contributed by atoms with Crippen molar-refractivity contribution in [3.63, 3.8) is 0 Å². The fourth-order valence-corrected chi connectivity index (χ4v) is 1.96. The summed E-state index contributed by atoms with van der Waals surface area (Å²) < 4.78 is 5.79. The molecule has 0 aliphatic heterocycles. The Kier molecular flexibility index (Phi) is 2.74. The Morgan fingerprint density at radius 3 is 3.14 bits per heavy atom. The summed E-state index contributed by atoms with van der Waals surface area (Å²) in [5.41, 5.74) is 0.755. The standard InChI is InChI=1S/C8H9N3OS2/c1-2-3-5-4-6(11-12-5)7-9-10-8(13)14-7/h4H,2-3H2,1H3,(H,10,13). The van der Waals surface area contributed by atoms with Crippen LogP contribution < -0.4 is 0 Å². The van der Waals surface area contributed by atoms with Crippen LogP contribution in [0.4, 0.5) is 0 Å². The predicted molar refractivity (Wildman–Crippen MR) is 56.8 cm³/mol. The van der Waals surface area contributed by atoms with E-state index in [1.54, 1.807) is 0 Å². The Balaban J connectivity index is 2.28. The van der Waals surface area contributed by atoms with Crippen LogP contribution in [0.1, 0.15) is 19.1 Å². The van der Waals surface area contributed by atoms with Crippen molar-refractivity contribution in [3.05, 3.63) is 15.8 Å². The quantitative estimate of drug-likeness (QED) is 0.819. The summed E-state index contributed by atoms with van der Waals surface area (Å²) in [5, 5.41) is 11.4. The van der Waals surface area contributed by atoms with Gasteiger partial charge >= 0.3 is 0 Å². The van der Waals surface area contributed by atoms with E-state index in [9.17, 15) is 0 Å². The number of aromatic nitrogens is 3. The maximum absolute atomic E-state index is 5.14. The Bertz CT molecular complexity index is 471. The molecule has 0 spiro atoms. The topological polar surface area (TPSA) is 54.7 Å². The van der Waals surface area contributed by atoms with Crippen LogP contribution in [0.2, 0.25) is 0 Å². The van der Waals surface area contributed by atoms with E-state index >= 15 is 0 Å². The zero-order valence-corrected chi connectivity index (χ0v) is 9.24. The zero-order valence-electron chi connectivity index (χ0n) is 7.61. The number of H-pyrrole nitrogens is 1. The molecule has 0 saturated heterocycles. The van der Waals surface area contributed by atoms with E-state index in [1.165, 1.54) is 11.3 Å². The maximum atomic E-state index is 5.14. The molecule has 0 aromatic carbocycles. The predicted octanol–water partition coefficient (Wildman–Crippen LogP) is 2.81. The van der Waals surface area contributed by atoms with Crippen molar-refractivity contribution in [2.45, 2.75) is 19.8 Å². The Labute approximate surface area is 90.0 Å². The molecular weight excluding hydrogens is 218 g/mol. The van der Waals surface area contributed by atoms with E-state index in [-0.39, 0.29) is 0 Å². The van der Waals surface area contributed by atoms with E-state index in [2.05, 4.69) is 22.3 Å². The van der Waals surface area contributed by atoms with Gasteiger partial charge in [-0.1, -0.05) is 23.4 Å². The van der Waals surface area contributed by atoms with Gasteiger partial charge in [0.05, 0.1) is 0 Å². The molecular formula is C8H9N3OS2. The van der Waals surface area contributed by atoms with E-state index in [0.29, 0.717) is 3.95 Å². The van der Waals surface area contributed by atoms with Crippen molar-refractivity contribution >= 4 is 23.6 Å². The van der Waals surface area contributed by atoms with Crippen LogP contribution in [0.15, 0.2) is 10.6 Å². The minimum Gasteiger partial charge on any atom is -0.361 e. The van der Waals surface area contributed by atoms with Gasteiger partial charge in [0, 0.05) is 12.5 Å². The van der Waals surface area contributed by atoms with Crippen molar-refractivity contribution in [2.75, 3.05) is 0 Å². The molecule has 14 heavy (non-hydrogen) atoms. The largest absolute Gasteiger partial charge is 0.361 e. The molecule has 6 heteroatoms. The Hall–Kier alpha value is -1.01. The lowest BCUT2D eigenvalue weighted by Crippen LogP contribution is -1.76. The van der Waals surface area contributed by atoms with Gasteiger partial charge in [0.15, 0.2) is 8.96 Å². The van der Waals surface area contributed by atoms with Gasteiger partial charge in [-0.05, 0) is 18.6 Å². The second-order valence-electron chi connectivity index (χ2n) is 2.85. The molecule has 0 fully saturated rings. The van der Waals surface area contributed by atoms with Crippen molar-refractivity contribution in [3.8, 4) is 10.7 Å². The molecule has 74 valence electrons. The van der Waals surface area contributed by atoms with Crippen molar-refractivity contribution < 1.29 is 4.52 Å². The fraction of sp³-hybridized carbons (Fsp3) is 0.375. The van der Waals surface area contributed by atoms with E-state index in [0.717, 1.165) is 29.3 Å². The Morgan fingerprint density at radius 1 is 1.64 bits per heavy atom. The minimum absolute atomic E-state index is 0.653. The van der Waals surface area contributed by atoms with Gasteiger partial charge in [-0.2, -0.15) is 5.10 Å². The van der Waals surface area contributed by atoms with Crippen LogP contribution >= 0.6 is 23.6 Å². The summed E-state index contributed by atoms with van der Waals surface area (Å²) in [5.74, 6) is 0.892.